The van der Waals surface area contributed by atoms with Crippen molar-refractivity contribution in [2.75, 3.05) is 34.3 Å². The standard InChI is InChI=1S/C15H24N2O2/c1-17(2)15(18)9-6-11-16-12-10-13-7-4-5-8-14(13)19-3/h4-5,7-8,16H,6,9-12H2,1-3H3. The monoisotopic (exact) mass is 264 g/mol. The lowest BCUT2D eigenvalue weighted by Gasteiger charge is -2.11. The van der Waals surface area contributed by atoms with E-state index in [-0.39, 0.29) is 5.91 Å². The van der Waals surface area contributed by atoms with Gasteiger partial charge in [-0.25, -0.2) is 0 Å². The van der Waals surface area contributed by atoms with Crippen molar-refractivity contribution in [2.24, 2.45) is 0 Å². The van der Waals surface area contributed by atoms with Gasteiger partial charge in [-0.05, 0) is 37.6 Å². The van der Waals surface area contributed by atoms with Gasteiger partial charge in [-0.2, -0.15) is 0 Å². The fourth-order valence-corrected chi connectivity index (χ4v) is 1.85. The van der Waals surface area contributed by atoms with Gasteiger partial charge in [-0.1, -0.05) is 18.2 Å². The number of hydrogen-bond acceptors (Lipinski definition) is 3. The molecule has 0 aliphatic carbocycles. The predicted octanol–water partition coefficient (Wildman–Crippen LogP) is 1.70. The van der Waals surface area contributed by atoms with Crippen LogP contribution in [0.5, 0.6) is 5.75 Å². The van der Waals surface area contributed by atoms with Gasteiger partial charge in [0.15, 0.2) is 0 Å². The van der Waals surface area contributed by atoms with Gasteiger partial charge >= 0.3 is 0 Å². The Kier molecular flexibility index (Phi) is 6.97. The van der Waals surface area contributed by atoms with E-state index < -0.39 is 0 Å². The van der Waals surface area contributed by atoms with Crippen molar-refractivity contribution >= 4 is 5.91 Å². The molecule has 1 aromatic rings. The zero-order valence-corrected chi connectivity index (χ0v) is 12.1. The Balaban J connectivity index is 2.16. The highest BCUT2D eigenvalue weighted by Gasteiger charge is 2.03. The maximum atomic E-state index is 11.4. The first-order valence-electron chi connectivity index (χ1n) is 6.68. The zero-order chi connectivity index (χ0) is 14.1. The number of methoxy groups -OCH3 is 1. The van der Waals surface area contributed by atoms with Crippen LogP contribution in [-0.4, -0.2) is 45.1 Å². The highest BCUT2D eigenvalue weighted by molar-refractivity contribution is 5.75. The zero-order valence-electron chi connectivity index (χ0n) is 12.1. The number of carbonyl (C=O) groups is 1. The van der Waals surface area contributed by atoms with Crippen LogP contribution >= 0.6 is 0 Å². The first kappa shape index (κ1) is 15.5. The molecule has 106 valence electrons. The molecule has 0 radical (unpaired) electrons. The van der Waals surface area contributed by atoms with Gasteiger partial charge in [-0.15, -0.1) is 0 Å². The van der Waals surface area contributed by atoms with Crippen LogP contribution < -0.4 is 10.1 Å². The Morgan fingerprint density at radius 3 is 2.68 bits per heavy atom. The van der Waals surface area contributed by atoms with E-state index in [1.165, 1.54) is 5.56 Å². The van der Waals surface area contributed by atoms with Crippen LogP contribution in [0.4, 0.5) is 0 Å². The van der Waals surface area contributed by atoms with E-state index in [4.69, 9.17) is 4.74 Å². The van der Waals surface area contributed by atoms with Crippen LogP contribution in [0.2, 0.25) is 0 Å². The third kappa shape index (κ3) is 5.75. The average molecular weight is 264 g/mol. The summed E-state index contributed by atoms with van der Waals surface area (Å²) in [6.45, 7) is 1.77. The van der Waals surface area contributed by atoms with Crippen molar-refractivity contribution in [3.05, 3.63) is 29.8 Å². The summed E-state index contributed by atoms with van der Waals surface area (Å²) in [5, 5.41) is 3.35. The lowest BCUT2D eigenvalue weighted by Crippen LogP contribution is -2.24. The number of nitrogens with one attached hydrogen (secondary N) is 1. The highest BCUT2D eigenvalue weighted by Crippen LogP contribution is 2.17. The molecule has 1 aromatic carbocycles. The normalized spacial score (nSPS) is 10.3. The molecule has 0 aromatic heterocycles. The number of amides is 1. The Morgan fingerprint density at radius 2 is 2.00 bits per heavy atom. The molecule has 1 amide bonds. The first-order chi connectivity index (χ1) is 9.15. The number of carbonyl (C=O) groups excluding carboxylic acids is 1. The number of rotatable bonds is 8. The van der Waals surface area contributed by atoms with E-state index >= 15 is 0 Å². The van der Waals surface area contributed by atoms with Crippen LogP contribution in [0, 0.1) is 0 Å². The fraction of sp³-hybridized carbons (Fsp3) is 0.533. The number of benzene rings is 1. The average Bonchev–Trinajstić information content (AvgIpc) is 2.42. The van der Waals surface area contributed by atoms with E-state index in [2.05, 4.69) is 11.4 Å². The smallest absolute Gasteiger partial charge is 0.222 e. The Labute approximate surface area is 115 Å². The second-order valence-electron chi connectivity index (χ2n) is 4.70. The maximum absolute atomic E-state index is 11.4. The van der Waals surface area contributed by atoms with Crippen molar-refractivity contribution in [3.63, 3.8) is 0 Å². The highest BCUT2D eigenvalue weighted by atomic mass is 16.5. The van der Waals surface area contributed by atoms with Gasteiger partial charge in [0.2, 0.25) is 5.91 Å². The van der Waals surface area contributed by atoms with Crippen LogP contribution in [0.1, 0.15) is 18.4 Å². The molecule has 0 fully saturated rings. The third-order valence-corrected chi connectivity index (χ3v) is 3.01. The van der Waals surface area contributed by atoms with Crippen LogP contribution in [0.15, 0.2) is 24.3 Å². The van der Waals surface area contributed by atoms with Crippen molar-refractivity contribution < 1.29 is 9.53 Å². The Morgan fingerprint density at radius 1 is 1.26 bits per heavy atom. The minimum absolute atomic E-state index is 0.187. The van der Waals surface area contributed by atoms with E-state index in [1.54, 1.807) is 26.1 Å². The molecule has 0 saturated carbocycles. The van der Waals surface area contributed by atoms with E-state index in [1.807, 2.05) is 18.2 Å². The summed E-state index contributed by atoms with van der Waals surface area (Å²) in [7, 11) is 5.27. The van der Waals surface area contributed by atoms with E-state index in [0.29, 0.717) is 6.42 Å². The molecule has 0 aliphatic heterocycles. The molecule has 4 nitrogen and oxygen atoms in total. The topological polar surface area (TPSA) is 41.6 Å². The number of ether oxygens (including phenoxy) is 1. The number of hydrogen-bond donors (Lipinski definition) is 1. The van der Waals surface area contributed by atoms with Crippen LogP contribution in [0.25, 0.3) is 0 Å². The lowest BCUT2D eigenvalue weighted by atomic mass is 10.1. The number of para-hydroxylation sites is 1. The van der Waals surface area contributed by atoms with E-state index in [0.717, 1.165) is 31.7 Å². The second-order valence-corrected chi connectivity index (χ2v) is 4.70. The van der Waals surface area contributed by atoms with Crippen molar-refractivity contribution in [2.45, 2.75) is 19.3 Å². The molecule has 0 unspecified atom stereocenters. The molecule has 0 spiro atoms. The van der Waals surface area contributed by atoms with Crippen LogP contribution in [-0.2, 0) is 11.2 Å². The maximum Gasteiger partial charge on any atom is 0.222 e. The summed E-state index contributed by atoms with van der Waals surface area (Å²) in [4.78, 5) is 13.0. The summed E-state index contributed by atoms with van der Waals surface area (Å²) >= 11 is 0. The summed E-state index contributed by atoms with van der Waals surface area (Å²) in [6.07, 6.45) is 2.42. The second kappa shape index (κ2) is 8.53. The molecule has 0 saturated heterocycles. The summed E-state index contributed by atoms with van der Waals surface area (Å²) in [6, 6.07) is 8.05. The first-order valence-corrected chi connectivity index (χ1v) is 6.68. The lowest BCUT2D eigenvalue weighted by molar-refractivity contribution is -0.128. The Bertz CT molecular complexity index is 391. The van der Waals surface area contributed by atoms with Crippen molar-refractivity contribution in [3.8, 4) is 5.75 Å². The minimum Gasteiger partial charge on any atom is -0.496 e. The summed E-state index contributed by atoms with van der Waals surface area (Å²) in [5.74, 6) is 1.12. The van der Waals surface area contributed by atoms with Gasteiger partial charge in [0.25, 0.3) is 0 Å². The molecular formula is C15H24N2O2. The molecule has 4 heteroatoms. The van der Waals surface area contributed by atoms with Crippen LogP contribution in [0.3, 0.4) is 0 Å². The van der Waals surface area contributed by atoms with Crippen molar-refractivity contribution in [1.82, 2.24) is 10.2 Å². The van der Waals surface area contributed by atoms with Gasteiger partial charge in [0.05, 0.1) is 7.11 Å². The van der Waals surface area contributed by atoms with Gasteiger partial charge < -0.3 is 15.0 Å². The number of nitrogens with zero attached hydrogens (tertiary/aromatic N) is 1. The summed E-state index contributed by atoms with van der Waals surface area (Å²) in [5.41, 5.74) is 1.21. The van der Waals surface area contributed by atoms with Crippen molar-refractivity contribution in [1.29, 1.82) is 0 Å². The molecular weight excluding hydrogens is 240 g/mol. The minimum atomic E-state index is 0.187. The molecule has 0 atom stereocenters. The SMILES string of the molecule is COc1ccccc1CCNCCCC(=O)N(C)C. The Hall–Kier alpha value is -1.55. The fourth-order valence-electron chi connectivity index (χ4n) is 1.85. The molecule has 1 N–H and O–H groups in total. The molecule has 19 heavy (non-hydrogen) atoms. The molecule has 1 rings (SSSR count). The molecule has 0 aliphatic rings. The molecule has 0 heterocycles. The van der Waals surface area contributed by atoms with Gasteiger partial charge in [0, 0.05) is 20.5 Å². The molecule has 0 bridgehead atoms. The quantitative estimate of drug-likeness (QED) is 0.727. The largest absolute Gasteiger partial charge is 0.496 e. The summed E-state index contributed by atoms with van der Waals surface area (Å²) < 4.78 is 5.30. The van der Waals surface area contributed by atoms with Gasteiger partial charge in [0.1, 0.15) is 5.75 Å². The third-order valence-electron chi connectivity index (χ3n) is 3.01. The predicted molar refractivity (Wildman–Crippen MR) is 77.5 cm³/mol. The van der Waals surface area contributed by atoms with Gasteiger partial charge in [-0.3, -0.25) is 4.79 Å². The van der Waals surface area contributed by atoms with E-state index in [9.17, 15) is 4.79 Å².